The van der Waals surface area contributed by atoms with Crippen molar-refractivity contribution >= 4 is 28.3 Å². The van der Waals surface area contributed by atoms with Gasteiger partial charge in [0, 0.05) is 17.3 Å². The molecule has 1 aromatic heterocycles. The lowest BCUT2D eigenvalue weighted by Gasteiger charge is -2.16. The molecule has 6 heteroatoms. The van der Waals surface area contributed by atoms with E-state index in [0.717, 1.165) is 40.4 Å². The highest BCUT2D eigenvalue weighted by molar-refractivity contribution is 6.30. The van der Waals surface area contributed by atoms with E-state index < -0.39 is 0 Å². The van der Waals surface area contributed by atoms with Crippen molar-refractivity contribution < 1.29 is 4.79 Å². The summed E-state index contributed by atoms with van der Waals surface area (Å²) in [6.07, 6.45) is 3.75. The molecule has 32 heavy (non-hydrogen) atoms. The highest BCUT2D eigenvalue weighted by Crippen LogP contribution is 2.37. The maximum atomic E-state index is 13.1. The van der Waals surface area contributed by atoms with Crippen molar-refractivity contribution in [2.24, 2.45) is 0 Å². The van der Waals surface area contributed by atoms with E-state index in [1.54, 1.807) is 6.20 Å². The summed E-state index contributed by atoms with van der Waals surface area (Å²) in [5.41, 5.74) is 2.65. The van der Waals surface area contributed by atoms with E-state index >= 15 is 0 Å². The number of carbonyl (C=O) groups excluding carboxylic acids is 1. The largest absolute Gasteiger partial charge is 0.348 e. The van der Waals surface area contributed by atoms with Gasteiger partial charge < -0.3 is 5.32 Å². The summed E-state index contributed by atoms with van der Waals surface area (Å²) in [7, 11) is 0. The zero-order chi connectivity index (χ0) is 22.2. The van der Waals surface area contributed by atoms with E-state index in [1.807, 2.05) is 60.0 Å². The Labute approximate surface area is 191 Å². The Morgan fingerprint density at radius 1 is 1.06 bits per heavy atom. The van der Waals surface area contributed by atoms with Crippen LogP contribution in [0.3, 0.4) is 0 Å². The molecule has 1 saturated carbocycles. The third kappa shape index (κ3) is 3.96. The molecule has 1 aliphatic carbocycles. The van der Waals surface area contributed by atoms with Gasteiger partial charge in [-0.25, -0.2) is 4.79 Å². The van der Waals surface area contributed by atoms with Crippen LogP contribution in [-0.4, -0.2) is 15.0 Å². The van der Waals surface area contributed by atoms with Gasteiger partial charge in [0.2, 0.25) is 5.91 Å². The van der Waals surface area contributed by atoms with Crippen LogP contribution in [0.15, 0.2) is 77.7 Å². The Balaban J connectivity index is 1.39. The predicted molar refractivity (Wildman–Crippen MR) is 128 cm³/mol. The van der Waals surface area contributed by atoms with Crippen molar-refractivity contribution in [2.45, 2.75) is 38.4 Å². The number of halogens is 1. The minimum atomic E-state index is -0.192. The molecule has 4 aromatic rings. The minimum Gasteiger partial charge on any atom is -0.348 e. The van der Waals surface area contributed by atoms with E-state index in [-0.39, 0.29) is 30.2 Å². The first-order chi connectivity index (χ1) is 15.5. The van der Waals surface area contributed by atoms with Crippen molar-refractivity contribution in [1.82, 2.24) is 14.5 Å². The predicted octanol–water partition coefficient (Wildman–Crippen LogP) is 5.34. The quantitative estimate of drug-likeness (QED) is 0.435. The van der Waals surface area contributed by atoms with Crippen LogP contribution in [0.4, 0.5) is 0 Å². The van der Waals surface area contributed by atoms with Crippen LogP contribution in [0, 0.1) is 0 Å². The maximum absolute atomic E-state index is 13.1. The van der Waals surface area contributed by atoms with Crippen LogP contribution in [0.25, 0.3) is 22.0 Å². The highest BCUT2D eigenvalue weighted by atomic mass is 35.5. The average Bonchev–Trinajstić information content (AvgIpc) is 3.58. The first-order valence-electron chi connectivity index (χ1n) is 10.9. The third-order valence-corrected chi connectivity index (χ3v) is 6.27. The molecule has 0 saturated heterocycles. The lowest BCUT2D eigenvalue weighted by Crippen LogP contribution is -2.34. The molecule has 0 radical (unpaired) electrons. The van der Waals surface area contributed by atoms with Crippen LogP contribution in [0.1, 0.15) is 37.4 Å². The van der Waals surface area contributed by atoms with Gasteiger partial charge in [-0.2, -0.15) is 0 Å². The fourth-order valence-electron chi connectivity index (χ4n) is 4.29. The van der Waals surface area contributed by atoms with Crippen molar-refractivity contribution in [1.29, 1.82) is 0 Å². The van der Waals surface area contributed by atoms with Gasteiger partial charge in [0.25, 0.3) is 0 Å². The molecule has 0 bridgehead atoms. The molecule has 1 heterocycles. The summed E-state index contributed by atoms with van der Waals surface area (Å²) in [5.74, 6) is -0.192. The van der Waals surface area contributed by atoms with Gasteiger partial charge >= 0.3 is 5.69 Å². The molecular weight excluding hydrogens is 422 g/mol. The molecule has 5 rings (SSSR count). The maximum Gasteiger partial charge on any atom is 0.329 e. The Hall–Kier alpha value is -3.31. The molecule has 162 valence electrons. The number of aromatic nitrogens is 2. The number of nitrogens with one attached hydrogen (secondary N) is 1. The topological polar surface area (TPSA) is 56.0 Å². The van der Waals surface area contributed by atoms with E-state index in [9.17, 15) is 9.59 Å². The Kier molecular flexibility index (Phi) is 5.35. The summed E-state index contributed by atoms with van der Waals surface area (Å²) in [6.45, 7) is 1.95. The lowest BCUT2D eigenvalue weighted by molar-refractivity contribution is -0.122. The number of nitrogens with zero attached hydrogens (tertiary/aromatic N) is 2. The van der Waals surface area contributed by atoms with Gasteiger partial charge in [0.05, 0.1) is 11.7 Å². The normalized spacial score (nSPS) is 14.4. The van der Waals surface area contributed by atoms with Crippen LogP contribution in [0.5, 0.6) is 0 Å². The molecule has 5 nitrogen and oxygen atoms in total. The number of carbonyl (C=O) groups is 1. The lowest BCUT2D eigenvalue weighted by atomic mass is 10.00. The van der Waals surface area contributed by atoms with Crippen molar-refractivity contribution in [3.8, 4) is 11.3 Å². The molecule has 0 spiro atoms. The van der Waals surface area contributed by atoms with E-state index in [0.29, 0.717) is 5.02 Å². The zero-order valence-corrected chi connectivity index (χ0v) is 18.5. The molecule has 1 aliphatic rings. The fraction of sp³-hybridized carbons (Fsp3) is 0.231. The van der Waals surface area contributed by atoms with Gasteiger partial charge in [-0.3, -0.25) is 13.9 Å². The van der Waals surface area contributed by atoms with Gasteiger partial charge in [0.15, 0.2) is 0 Å². The van der Waals surface area contributed by atoms with E-state index in [4.69, 9.17) is 11.6 Å². The monoisotopic (exact) mass is 445 g/mol. The highest BCUT2D eigenvalue weighted by Gasteiger charge is 2.29. The molecule has 1 fully saturated rings. The van der Waals surface area contributed by atoms with Crippen LogP contribution in [0.2, 0.25) is 5.02 Å². The second-order valence-corrected chi connectivity index (χ2v) is 8.83. The third-order valence-electron chi connectivity index (χ3n) is 6.02. The molecule has 1 N–H and O–H groups in total. The molecule has 3 aromatic carbocycles. The number of rotatable bonds is 6. The molecule has 0 unspecified atom stereocenters. The van der Waals surface area contributed by atoms with E-state index in [1.165, 1.54) is 4.57 Å². The smallest absolute Gasteiger partial charge is 0.329 e. The summed E-state index contributed by atoms with van der Waals surface area (Å²) < 4.78 is 3.32. The first kappa shape index (κ1) is 20.6. The first-order valence-corrected chi connectivity index (χ1v) is 11.2. The standard InChI is InChI=1S/C26H24ClN3O2/c1-17(22-8-4-6-18-5-2-3-7-23(18)22)28-25(31)16-29-15-24(19-9-11-20(27)12-10-19)30(26(29)32)21-13-14-21/h2-12,15,17,21H,13-14,16H2,1H3,(H,28,31)/t17-/m1/s1. The number of hydrogen-bond donors (Lipinski definition) is 1. The van der Waals surface area contributed by atoms with Crippen molar-refractivity contribution in [3.05, 3.63) is 94.0 Å². The number of hydrogen-bond acceptors (Lipinski definition) is 2. The summed E-state index contributed by atoms with van der Waals surface area (Å²) in [6, 6.07) is 21.7. The summed E-state index contributed by atoms with van der Waals surface area (Å²) in [5, 5.41) is 5.96. The second-order valence-electron chi connectivity index (χ2n) is 8.39. The van der Waals surface area contributed by atoms with Crippen LogP contribution in [-0.2, 0) is 11.3 Å². The fourth-order valence-corrected chi connectivity index (χ4v) is 4.41. The van der Waals surface area contributed by atoms with Gasteiger partial charge in [-0.15, -0.1) is 0 Å². The number of imidazole rings is 1. The summed E-state index contributed by atoms with van der Waals surface area (Å²) in [4.78, 5) is 26.0. The van der Waals surface area contributed by atoms with Crippen LogP contribution < -0.4 is 11.0 Å². The second kappa shape index (κ2) is 8.32. The minimum absolute atomic E-state index is 0.0196. The zero-order valence-electron chi connectivity index (χ0n) is 17.8. The summed E-state index contributed by atoms with van der Waals surface area (Å²) >= 11 is 6.03. The molecular formula is C26H24ClN3O2. The van der Waals surface area contributed by atoms with E-state index in [2.05, 4.69) is 23.5 Å². The van der Waals surface area contributed by atoms with Gasteiger partial charge in [-0.05, 0) is 53.8 Å². The number of amides is 1. The Bertz CT molecular complexity index is 1340. The average molecular weight is 446 g/mol. The number of fused-ring (bicyclic) bond motifs is 1. The number of benzene rings is 3. The molecule has 1 amide bonds. The SMILES string of the molecule is C[C@@H](NC(=O)Cn1cc(-c2ccc(Cl)cc2)n(C2CC2)c1=O)c1cccc2ccccc12. The Morgan fingerprint density at radius 3 is 2.53 bits per heavy atom. The Morgan fingerprint density at radius 2 is 1.78 bits per heavy atom. The van der Waals surface area contributed by atoms with Gasteiger partial charge in [0.1, 0.15) is 6.54 Å². The van der Waals surface area contributed by atoms with Crippen LogP contribution >= 0.6 is 11.6 Å². The molecule has 0 aliphatic heterocycles. The van der Waals surface area contributed by atoms with Crippen molar-refractivity contribution in [2.75, 3.05) is 0 Å². The molecule has 1 atom stereocenters. The van der Waals surface area contributed by atoms with Gasteiger partial charge in [-0.1, -0.05) is 66.2 Å². The van der Waals surface area contributed by atoms with Crippen molar-refractivity contribution in [3.63, 3.8) is 0 Å².